The first-order valence-electron chi connectivity index (χ1n) is 11.2. The highest BCUT2D eigenvalue weighted by Gasteiger charge is 2.37. The summed E-state index contributed by atoms with van der Waals surface area (Å²) in [5, 5.41) is 13.9. The lowest BCUT2D eigenvalue weighted by atomic mass is 9.82. The first-order chi connectivity index (χ1) is 17.0. The third-order valence-corrected chi connectivity index (χ3v) is 6.97. The Balaban J connectivity index is 1.73. The summed E-state index contributed by atoms with van der Waals surface area (Å²) in [6, 6.07) is 21.1. The molecule has 174 valence electrons. The Kier molecular flexibility index (Phi) is 5.02. The molecule has 0 aliphatic carbocycles. The zero-order valence-electron chi connectivity index (χ0n) is 19.2. The monoisotopic (exact) mass is 483 g/mol. The number of benzene rings is 3. The number of halogens is 1. The van der Waals surface area contributed by atoms with Crippen LogP contribution in [0.2, 0.25) is 5.02 Å². The number of aromatic nitrogens is 3. The molecule has 6 bridgehead atoms. The van der Waals surface area contributed by atoms with Crippen LogP contribution < -0.4 is 9.47 Å². The summed E-state index contributed by atoms with van der Waals surface area (Å²) >= 11 is 6.55. The van der Waals surface area contributed by atoms with E-state index in [1.165, 1.54) is 0 Å². The van der Waals surface area contributed by atoms with Gasteiger partial charge in [-0.05, 0) is 58.7 Å². The summed E-state index contributed by atoms with van der Waals surface area (Å²) in [6.45, 7) is 0.254. The third kappa shape index (κ3) is 3.45. The molecule has 0 unspecified atom stereocenters. The number of hydrogen-bond donors (Lipinski definition) is 1. The van der Waals surface area contributed by atoms with Gasteiger partial charge in [0, 0.05) is 29.1 Å². The van der Waals surface area contributed by atoms with Crippen LogP contribution in [0.3, 0.4) is 0 Å². The molecule has 1 aliphatic heterocycles. The summed E-state index contributed by atoms with van der Waals surface area (Å²) in [5.41, 5.74) is 3.89. The van der Waals surface area contributed by atoms with E-state index in [2.05, 4.69) is 9.97 Å². The number of imidazole rings is 1. The van der Waals surface area contributed by atoms with E-state index >= 15 is 0 Å². The summed E-state index contributed by atoms with van der Waals surface area (Å²) in [7, 11) is 3.47. The molecule has 35 heavy (non-hydrogen) atoms. The van der Waals surface area contributed by atoms with Crippen LogP contribution in [0.15, 0.2) is 79.3 Å². The van der Waals surface area contributed by atoms with Gasteiger partial charge >= 0.3 is 0 Å². The number of aryl methyl sites for hydroxylation is 1. The van der Waals surface area contributed by atoms with Crippen LogP contribution in [0.5, 0.6) is 11.6 Å². The van der Waals surface area contributed by atoms with E-state index in [9.17, 15) is 5.11 Å². The van der Waals surface area contributed by atoms with E-state index in [4.69, 9.17) is 21.1 Å². The molecule has 0 saturated heterocycles. The van der Waals surface area contributed by atoms with Gasteiger partial charge < -0.3 is 19.1 Å². The standard InChI is InChI=1S/C28H22ClN3O3/c1-32-16-30-14-26(32)28(33)19-6-8-24(29)18(10-19)15-35-21-5-3-4-17(11-21)22-13-27(34-2)31-25-9-7-20(28)12-23(22)25/h3-14,16,33H,15H2,1-2H3/t28-/m1/s1. The number of fused-ring (bicyclic) bond motifs is 6. The molecular formula is C28H22ClN3O3. The second-order valence-electron chi connectivity index (χ2n) is 8.67. The number of aliphatic hydroxyl groups is 1. The SMILES string of the molecule is COc1cc2c3cc(ccc3n1)[C@@](O)(c1cncn1C)c1ccc(Cl)c(c1)COc1cccc-2c1. The van der Waals surface area contributed by atoms with Crippen LogP contribution in [0.1, 0.15) is 22.4 Å². The van der Waals surface area contributed by atoms with Crippen molar-refractivity contribution in [3.05, 3.63) is 107 Å². The van der Waals surface area contributed by atoms with Crippen molar-refractivity contribution in [3.63, 3.8) is 0 Å². The van der Waals surface area contributed by atoms with Gasteiger partial charge in [-0.3, -0.25) is 0 Å². The minimum absolute atomic E-state index is 0.254. The van der Waals surface area contributed by atoms with E-state index < -0.39 is 5.60 Å². The van der Waals surface area contributed by atoms with Gasteiger partial charge in [0.2, 0.25) is 5.88 Å². The summed E-state index contributed by atoms with van der Waals surface area (Å²) in [6.07, 6.45) is 3.36. The van der Waals surface area contributed by atoms with Crippen molar-refractivity contribution < 1.29 is 14.6 Å². The molecular weight excluding hydrogens is 462 g/mol. The van der Waals surface area contributed by atoms with E-state index in [1.54, 1.807) is 25.7 Å². The Morgan fingerprint density at radius 3 is 2.69 bits per heavy atom. The molecule has 6 rings (SSSR count). The Labute approximate surface area is 207 Å². The fourth-order valence-electron chi connectivity index (χ4n) is 4.76. The zero-order valence-corrected chi connectivity index (χ0v) is 20.0. The predicted molar refractivity (Wildman–Crippen MR) is 135 cm³/mol. The highest BCUT2D eigenvalue weighted by molar-refractivity contribution is 6.31. The van der Waals surface area contributed by atoms with Crippen LogP contribution in [0.4, 0.5) is 0 Å². The third-order valence-electron chi connectivity index (χ3n) is 6.60. The fraction of sp³-hybridized carbons (Fsp3) is 0.143. The minimum atomic E-state index is -1.50. The molecule has 6 nitrogen and oxygen atoms in total. The number of hydrogen-bond acceptors (Lipinski definition) is 5. The Morgan fingerprint density at radius 1 is 1.06 bits per heavy atom. The molecule has 1 aliphatic rings. The molecule has 0 amide bonds. The second-order valence-corrected chi connectivity index (χ2v) is 9.07. The molecule has 3 heterocycles. The topological polar surface area (TPSA) is 69.4 Å². The van der Waals surface area contributed by atoms with Crippen molar-refractivity contribution in [1.29, 1.82) is 0 Å². The van der Waals surface area contributed by atoms with Gasteiger partial charge in [-0.25, -0.2) is 9.97 Å². The maximum Gasteiger partial charge on any atom is 0.214 e. The van der Waals surface area contributed by atoms with Crippen molar-refractivity contribution in [2.45, 2.75) is 12.2 Å². The number of pyridine rings is 1. The zero-order chi connectivity index (χ0) is 24.2. The van der Waals surface area contributed by atoms with E-state index in [1.807, 2.05) is 72.3 Å². The normalized spacial score (nSPS) is 16.8. The number of nitrogens with zero attached hydrogens (tertiary/aromatic N) is 3. The Hall–Kier alpha value is -3.87. The summed E-state index contributed by atoms with van der Waals surface area (Å²) in [4.78, 5) is 8.94. The average molecular weight is 484 g/mol. The molecule has 0 saturated carbocycles. The molecule has 0 spiro atoms. The van der Waals surface area contributed by atoms with Crippen LogP contribution >= 0.6 is 11.6 Å². The van der Waals surface area contributed by atoms with Gasteiger partial charge in [-0.15, -0.1) is 0 Å². The van der Waals surface area contributed by atoms with Crippen molar-refractivity contribution >= 4 is 22.5 Å². The molecule has 7 heteroatoms. The highest BCUT2D eigenvalue weighted by atomic mass is 35.5. The molecule has 0 fully saturated rings. The number of methoxy groups -OCH3 is 1. The molecule has 0 radical (unpaired) electrons. The van der Waals surface area contributed by atoms with Crippen molar-refractivity contribution in [2.75, 3.05) is 7.11 Å². The van der Waals surface area contributed by atoms with E-state index in [-0.39, 0.29) is 6.61 Å². The Morgan fingerprint density at radius 2 is 1.89 bits per heavy atom. The first kappa shape index (κ1) is 21.6. The lowest BCUT2D eigenvalue weighted by Gasteiger charge is -2.30. The molecule has 1 atom stereocenters. The fourth-order valence-corrected chi connectivity index (χ4v) is 4.94. The van der Waals surface area contributed by atoms with Crippen LogP contribution in [-0.2, 0) is 19.3 Å². The van der Waals surface area contributed by atoms with Crippen LogP contribution in [-0.4, -0.2) is 26.8 Å². The van der Waals surface area contributed by atoms with Crippen LogP contribution in [0, 0.1) is 0 Å². The maximum atomic E-state index is 12.5. The molecule has 1 N–H and O–H groups in total. The second kappa shape index (κ2) is 8.12. The quantitative estimate of drug-likeness (QED) is 0.360. The van der Waals surface area contributed by atoms with Gasteiger partial charge in [0.05, 0.1) is 30.8 Å². The van der Waals surface area contributed by atoms with Gasteiger partial charge in [-0.2, -0.15) is 0 Å². The Bertz CT molecular complexity index is 1600. The van der Waals surface area contributed by atoms with Gasteiger partial charge in [-0.1, -0.05) is 35.9 Å². The van der Waals surface area contributed by atoms with E-state index in [0.717, 1.165) is 27.6 Å². The van der Waals surface area contributed by atoms with Gasteiger partial charge in [0.15, 0.2) is 5.60 Å². The molecule has 2 aromatic heterocycles. The van der Waals surface area contributed by atoms with Gasteiger partial charge in [0.1, 0.15) is 12.4 Å². The van der Waals surface area contributed by atoms with E-state index in [0.29, 0.717) is 33.5 Å². The van der Waals surface area contributed by atoms with Crippen LogP contribution in [0.25, 0.3) is 22.0 Å². The maximum absolute atomic E-state index is 12.5. The van der Waals surface area contributed by atoms with Crippen molar-refractivity contribution in [1.82, 2.24) is 14.5 Å². The molecule has 3 aromatic carbocycles. The lowest BCUT2D eigenvalue weighted by Crippen LogP contribution is -2.31. The first-order valence-corrected chi connectivity index (χ1v) is 11.6. The van der Waals surface area contributed by atoms with Crippen molar-refractivity contribution in [3.8, 4) is 22.8 Å². The van der Waals surface area contributed by atoms with Crippen molar-refractivity contribution in [2.24, 2.45) is 7.05 Å². The lowest BCUT2D eigenvalue weighted by molar-refractivity contribution is 0.117. The summed E-state index contributed by atoms with van der Waals surface area (Å²) in [5.74, 6) is 1.22. The smallest absolute Gasteiger partial charge is 0.214 e. The number of rotatable bonds is 2. The molecule has 5 aromatic rings. The largest absolute Gasteiger partial charge is 0.489 e. The summed E-state index contributed by atoms with van der Waals surface area (Å²) < 4.78 is 13.5. The minimum Gasteiger partial charge on any atom is -0.489 e. The van der Waals surface area contributed by atoms with Gasteiger partial charge in [0.25, 0.3) is 0 Å². The predicted octanol–water partition coefficient (Wildman–Crippen LogP) is 5.47. The highest BCUT2D eigenvalue weighted by Crippen LogP contribution is 2.41. The average Bonchev–Trinajstić information content (AvgIpc) is 3.32. The number of ether oxygens (including phenoxy) is 2.